The van der Waals surface area contributed by atoms with Crippen LogP contribution in [0.3, 0.4) is 0 Å². The second kappa shape index (κ2) is 10.3. The molecule has 2 aliphatic heterocycles. The van der Waals surface area contributed by atoms with Crippen molar-refractivity contribution in [2.45, 2.75) is 116 Å². The first-order valence-corrected chi connectivity index (χ1v) is 16.8. The van der Waals surface area contributed by atoms with Crippen molar-refractivity contribution in [1.29, 1.82) is 0 Å². The van der Waals surface area contributed by atoms with Crippen molar-refractivity contribution in [3.63, 3.8) is 0 Å². The summed E-state index contributed by atoms with van der Waals surface area (Å²) in [5, 5.41) is 10.9. The Morgan fingerprint density at radius 2 is 1.74 bits per heavy atom. The summed E-state index contributed by atoms with van der Waals surface area (Å²) in [6, 6.07) is 6.21. The molecule has 0 N–H and O–H groups in total. The monoisotopic (exact) mass is 579 g/mol. The highest BCUT2D eigenvalue weighted by molar-refractivity contribution is 5.72. The van der Waals surface area contributed by atoms with E-state index in [-0.39, 0.29) is 30.0 Å². The molecule has 2 heterocycles. The number of nitro benzene ring substituents is 1. The van der Waals surface area contributed by atoms with Gasteiger partial charge in [0.15, 0.2) is 5.79 Å². The molecule has 7 heteroatoms. The fraction of sp³-hybridized carbons (Fsp3) is 0.800. The molecule has 0 aromatic heterocycles. The van der Waals surface area contributed by atoms with Crippen LogP contribution in [0.4, 0.5) is 5.69 Å². The van der Waals surface area contributed by atoms with Crippen LogP contribution in [0.15, 0.2) is 24.3 Å². The minimum Gasteiger partial charge on any atom is -0.462 e. The maximum atomic E-state index is 12.8. The number of carbonyl (C=O) groups excluding carboxylic acids is 1. The van der Waals surface area contributed by atoms with Gasteiger partial charge in [-0.15, -0.1) is 0 Å². The molecule has 6 fully saturated rings. The van der Waals surface area contributed by atoms with E-state index >= 15 is 0 Å². The van der Waals surface area contributed by atoms with Gasteiger partial charge >= 0.3 is 5.97 Å². The second-order valence-electron chi connectivity index (χ2n) is 15.7. The highest BCUT2D eigenvalue weighted by Gasteiger charge is 2.69. The van der Waals surface area contributed by atoms with E-state index in [4.69, 9.17) is 14.2 Å². The number of ether oxygens (including phenoxy) is 3. The summed E-state index contributed by atoms with van der Waals surface area (Å²) in [5.41, 5.74) is 1.46. The fourth-order valence-corrected chi connectivity index (χ4v) is 11.5. The molecule has 0 bridgehead atoms. The van der Waals surface area contributed by atoms with Crippen molar-refractivity contribution in [1.82, 2.24) is 0 Å². The number of benzene rings is 1. The maximum absolute atomic E-state index is 12.8. The average Bonchev–Trinajstić information content (AvgIpc) is 3.40. The number of hydrogen-bond donors (Lipinski definition) is 0. The Morgan fingerprint density at radius 1 is 0.976 bits per heavy atom. The first kappa shape index (κ1) is 28.8. The molecule has 0 unspecified atom stereocenters. The van der Waals surface area contributed by atoms with Gasteiger partial charge in [-0.25, -0.2) is 0 Å². The molecule has 7 nitrogen and oxygen atoms in total. The SMILES string of the molecule is C[C@H]1CC[C@@]2(OC1)O[C@H]1C[C@H]3[C@@H]4CC[C@@H]5C[C@H](OC(=O)Cc6ccc([N+](=O)[O-])cc6)CC[C@]5(C)[C@H]4CC[C@]3(C)[C@H]1[C@@H]2C. The number of carbonyl (C=O) groups is 1. The molecule has 4 saturated carbocycles. The summed E-state index contributed by atoms with van der Waals surface area (Å²) in [4.78, 5) is 23.3. The Labute approximate surface area is 250 Å². The topological polar surface area (TPSA) is 87.9 Å². The molecular weight excluding hydrogens is 530 g/mol. The van der Waals surface area contributed by atoms with Crippen LogP contribution < -0.4 is 0 Å². The minimum absolute atomic E-state index is 0.0199. The number of hydrogen-bond acceptors (Lipinski definition) is 6. The third-order valence-electron chi connectivity index (χ3n) is 13.7. The highest BCUT2D eigenvalue weighted by atomic mass is 16.7. The van der Waals surface area contributed by atoms with E-state index in [9.17, 15) is 14.9 Å². The van der Waals surface area contributed by atoms with Crippen LogP contribution in [0.1, 0.15) is 97.5 Å². The molecule has 6 aliphatic rings. The molecule has 0 radical (unpaired) electrons. The molecule has 12 atom stereocenters. The molecule has 1 spiro atoms. The Hall–Kier alpha value is -1.99. The molecule has 7 rings (SSSR count). The molecule has 0 amide bonds. The Bertz CT molecular complexity index is 1210. The lowest BCUT2D eigenvalue weighted by atomic mass is 9.44. The lowest BCUT2D eigenvalue weighted by Gasteiger charge is -2.61. The van der Waals surface area contributed by atoms with Crippen molar-refractivity contribution in [3.05, 3.63) is 39.9 Å². The zero-order chi connectivity index (χ0) is 29.4. The van der Waals surface area contributed by atoms with E-state index in [2.05, 4.69) is 27.7 Å². The van der Waals surface area contributed by atoms with Crippen LogP contribution in [0.25, 0.3) is 0 Å². The number of nitrogens with zero attached hydrogens (tertiary/aromatic N) is 1. The summed E-state index contributed by atoms with van der Waals surface area (Å²) in [5.74, 6) is 4.00. The minimum atomic E-state index is -0.419. The molecule has 2 saturated heterocycles. The third-order valence-corrected chi connectivity index (χ3v) is 13.7. The first-order chi connectivity index (χ1) is 20.0. The van der Waals surface area contributed by atoms with Gasteiger partial charge in [-0.3, -0.25) is 14.9 Å². The molecule has 1 aromatic carbocycles. The molecular formula is C35H49NO6. The summed E-state index contributed by atoms with van der Waals surface area (Å²) in [6.07, 6.45) is 12.1. The van der Waals surface area contributed by atoms with Gasteiger partial charge in [-0.05, 0) is 110 Å². The Morgan fingerprint density at radius 3 is 2.45 bits per heavy atom. The first-order valence-electron chi connectivity index (χ1n) is 16.8. The summed E-state index contributed by atoms with van der Waals surface area (Å²) in [6.45, 7) is 10.7. The molecule has 1 aromatic rings. The standard InChI is InChI=1S/C35H49NO6/c1-21-11-16-35(40-20-21)22(2)32-30(42-35)19-29-27-10-7-24-18-26(12-14-33(24,3)28(27)13-15-34(29,32)4)41-31(37)17-23-5-8-25(9-6-23)36(38)39/h5-6,8-9,21-22,24,26-30,32H,7,10-20H2,1-4H3/t21-,22-,24+,26+,27+,28-,29-,30-,32-,33-,34-,35+/m0/s1. The van der Waals surface area contributed by atoms with E-state index in [1.165, 1.54) is 50.7 Å². The van der Waals surface area contributed by atoms with Crippen LogP contribution in [0.5, 0.6) is 0 Å². The van der Waals surface area contributed by atoms with Crippen molar-refractivity contribution in [2.24, 2.45) is 52.3 Å². The lowest BCUT2D eigenvalue weighted by molar-refractivity contribution is -0.384. The Kier molecular flexibility index (Phi) is 7.05. The number of non-ortho nitro benzene ring substituents is 1. The molecule has 4 aliphatic carbocycles. The second-order valence-corrected chi connectivity index (χ2v) is 15.7. The van der Waals surface area contributed by atoms with E-state index in [0.717, 1.165) is 55.6 Å². The average molecular weight is 580 g/mol. The van der Waals surface area contributed by atoms with E-state index < -0.39 is 4.92 Å². The number of rotatable bonds is 4. The smallest absolute Gasteiger partial charge is 0.310 e. The fourth-order valence-electron chi connectivity index (χ4n) is 11.5. The number of esters is 1. The summed E-state index contributed by atoms with van der Waals surface area (Å²) in [7, 11) is 0. The van der Waals surface area contributed by atoms with Gasteiger partial charge in [0.25, 0.3) is 5.69 Å². The van der Waals surface area contributed by atoms with Crippen molar-refractivity contribution in [2.75, 3.05) is 6.61 Å². The van der Waals surface area contributed by atoms with E-state index in [1.807, 2.05) is 0 Å². The normalized spacial score (nSPS) is 47.7. The van der Waals surface area contributed by atoms with Gasteiger partial charge < -0.3 is 14.2 Å². The van der Waals surface area contributed by atoms with Gasteiger partial charge in [0.05, 0.1) is 24.1 Å². The van der Waals surface area contributed by atoms with Crippen molar-refractivity contribution < 1.29 is 23.9 Å². The van der Waals surface area contributed by atoms with Gasteiger partial charge in [-0.1, -0.05) is 39.8 Å². The van der Waals surface area contributed by atoms with E-state index in [0.29, 0.717) is 40.6 Å². The van der Waals surface area contributed by atoms with Gasteiger partial charge in [0.2, 0.25) is 0 Å². The quantitative estimate of drug-likeness (QED) is 0.209. The van der Waals surface area contributed by atoms with Crippen LogP contribution in [-0.4, -0.2) is 35.5 Å². The number of fused-ring (bicyclic) bond motifs is 7. The van der Waals surface area contributed by atoms with Gasteiger partial charge in [0, 0.05) is 24.5 Å². The largest absolute Gasteiger partial charge is 0.462 e. The van der Waals surface area contributed by atoms with Crippen LogP contribution in [0, 0.1) is 62.4 Å². The summed E-state index contributed by atoms with van der Waals surface area (Å²) >= 11 is 0. The zero-order valence-corrected chi connectivity index (χ0v) is 25.9. The van der Waals surface area contributed by atoms with Gasteiger partial charge in [-0.2, -0.15) is 0 Å². The van der Waals surface area contributed by atoms with E-state index in [1.54, 1.807) is 12.1 Å². The van der Waals surface area contributed by atoms with Crippen molar-refractivity contribution >= 4 is 11.7 Å². The predicted octanol–water partition coefficient (Wildman–Crippen LogP) is 7.50. The molecule has 230 valence electrons. The highest BCUT2D eigenvalue weighted by Crippen LogP contribution is 2.71. The predicted molar refractivity (Wildman–Crippen MR) is 158 cm³/mol. The van der Waals surface area contributed by atoms with Crippen LogP contribution >= 0.6 is 0 Å². The lowest BCUT2D eigenvalue weighted by Crippen LogP contribution is -2.55. The van der Waals surface area contributed by atoms with Crippen molar-refractivity contribution in [3.8, 4) is 0 Å². The number of nitro groups is 1. The Balaban J connectivity index is 0.991. The maximum Gasteiger partial charge on any atom is 0.310 e. The summed E-state index contributed by atoms with van der Waals surface area (Å²) < 4.78 is 19.5. The zero-order valence-electron chi connectivity index (χ0n) is 25.9. The molecule has 42 heavy (non-hydrogen) atoms. The van der Waals surface area contributed by atoms with Gasteiger partial charge in [0.1, 0.15) is 6.10 Å². The van der Waals surface area contributed by atoms with Crippen LogP contribution in [0.2, 0.25) is 0 Å². The third kappa shape index (κ3) is 4.46. The van der Waals surface area contributed by atoms with Crippen LogP contribution in [-0.2, 0) is 25.4 Å².